The fourth-order valence-corrected chi connectivity index (χ4v) is 1.85. The first-order valence-corrected chi connectivity index (χ1v) is 3.98. The SMILES string of the molecule is ClC1C=[SiH]C1Cl. The molecule has 0 aromatic carbocycles. The Bertz CT molecular complexity index is 70.9. The van der Waals surface area contributed by atoms with E-state index in [0.717, 1.165) is 0 Å². The van der Waals surface area contributed by atoms with Crippen molar-refractivity contribution in [3.8, 4) is 0 Å². The van der Waals surface area contributed by atoms with Crippen molar-refractivity contribution in [1.82, 2.24) is 0 Å². The summed E-state index contributed by atoms with van der Waals surface area (Å²) < 4.78 is 0. The average Bonchev–Trinajstić information content (AvgIpc) is 1.61. The summed E-state index contributed by atoms with van der Waals surface area (Å²) in [4.78, 5) is 0. The van der Waals surface area contributed by atoms with Crippen molar-refractivity contribution in [2.75, 3.05) is 0 Å². The molecule has 2 unspecified atom stereocenters. The second-order valence-corrected chi connectivity index (χ2v) is 4.19. The van der Waals surface area contributed by atoms with Gasteiger partial charge >= 0.3 is 0 Å². The zero-order valence-electron chi connectivity index (χ0n) is 3.07. The summed E-state index contributed by atoms with van der Waals surface area (Å²) in [5.74, 6) is 0. The largest absolute Gasteiger partial charge is 0.121 e. The minimum Gasteiger partial charge on any atom is -0.121 e. The molecule has 0 aromatic heterocycles. The Balaban J connectivity index is 2.45. The molecule has 1 aliphatic rings. The van der Waals surface area contributed by atoms with Gasteiger partial charge < -0.3 is 0 Å². The van der Waals surface area contributed by atoms with Gasteiger partial charge in [0.05, 0.1) is 10.4 Å². The Morgan fingerprint density at radius 2 is 2.00 bits per heavy atom. The molecule has 0 fully saturated rings. The smallest absolute Gasteiger partial charge is 0.0640 e. The van der Waals surface area contributed by atoms with E-state index < -0.39 is 0 Å². The van der Waals surface area contributed by atoms with Gasteiger partial charge in [-0.2, -0.15) is 0 Å². The molecule has 2 atom stereocenters. The Morgan fingerprint density at radius 1 is 1.50 bits per heavy atom. The molecule has 6 heavy (non-hydrogen) atoms. The van der Waals surface area contributed by atoms with Crippen LogP contribution in [0.15, 0.2) is 0 Å². The summed E-state index contributed by atoms with van der Waals surface area (Å²) in [7, 11) is 0.387. The van der Waals surface area contributed by atoms with Gasteiger partial charge in [0.15, 0.2) is 0 Å². The third-order valence-corrected chi connectivity index (χ3v) is 3.94. The third-order valence-electron chi connectivity index (χ3n) is 0.783. The van der Waals surface area contributed by atoms with E-state index >= 15 is 0 Å². The van der Waals surface area contributed by atoms with Crippen LogP contribution in [0, 0.1) is 0 Å². The summed E-state index contributed by atoms with van der Waals surface area (Å²) in [6.07, 6.45) is 0. The van der Waals surface area contributed by atoms with Gasteiger partial charge in [-0.15, -0.1) is 23.2 Å². The van der Waals surface area contributed by atoms with Crippen LogP contribution in [0.2, 0.25) is 0 Å². The highest BCUT2D eigenvalue weighted by atomic mass is 35.5. The van der Waals surface area contributed by atoms with E-state index in [0.29, 0.717) is 14.1 Å². The highest BCUT2D eigenvalue weighted by Gasteiger charge is 2.17. The molecule has 1 rings (SSSR count). The van der Waals surface area contributed by atoms with E-state index in [-0.39, 0.29) is 5.38 Å². The topological polar surface area (TPSA) is 0 Å². The summed E-state index contributed by atoms with van der Waals surface area (Å²) in [6, 6.07) is 0. The van der Waals surface area contributed by atoms with Crippen molar-refractivity contribution in [2.24, 2.45) is 0 Å². The van der Waals surface area contributed by atoms with Crippen LogP contribution in [-0.2, 0) is 0 Å². The van der Waals surface area contributed by atoms with E-state index in [1.165, 1.54) is 0 Å². The summed E-state index contributed by atoms with van der Waals surface area (Å²) in [6.45, 7) is 0. The van der Waals surface area contributed by atoms with Crippen molar-refractivity contribution in [2.45, 2.75) is 10.4 Å². The molecule has 0 amide bonds. The van der Waals surface area contributed by atoms with Crippen LogP contribution in [-0.4, -0.2) is 25.2 Å². The number of halogens is 2. The van der Waals surface area contributed by atoms with Gasteiger partial charge in [0.2, 0.25) is 0 Å². The quantitative estimate of drug-likeness (QED) is 0.337. The number of rotatable bonds is 0. The molecule has 0 aliphatic carbocycles. The van der Waals surface area contributed by atoms with Gasteiger partial charge in [-0.05, 0) is 0 Å². The maximum Gasteiger partial charge on any atom is 0.0640 e. The van der Waals surface area contributed by atoms with Crippen LogP contribution in [0.25, 0.3) is 0 Å². The van der Waals surface area contributed by atoms with E-state index in [9.17, 15) is 0 Å². The fraction of sp³-hybridized carbons (Fsp3) is 0.667. The standard InChI is InChI=1S/C3H4Cl2Si/c4-2-1-6-3(2)5/h1-3,6H. The molecule has 0 radical (unpaired) electrons. The highest BCUT2D eigenvalue weighted by molar-refractivity contribution is 6.72. The van der Waals surface area contributed by atoms with Crippen molar-refractivity contribution in [3.05, 3.63) is 0 Å². The van der Waals surface area contributed by atoms with E-state index in [1.54, 1.807) is 0 Å². The van der Waals surface area contributed by atoms with Crippen molar-refractivity contribution < 1.29 is 0 Å². The van der Waals surface area contributed by atoms with Crippen LogP contribution in [0.5, 0.6) is 0 Å². The second kappa shape index (κ2) is 1.64. The first-order chi connectivity index (χ1) is 2.80. The zero-order valence-corrected chi connectivity index (χ0v) is 5.73. The Labute approximate surface area is 48.9 Å². The van der Waals surface area contributed by atoms with Gasteiger partial charge in [-0.3, -0.25) is 0 Å². The van der Waals surface area contributed by atoms with Crippen LogP contribution >= 0.6 is 23.2 Å². The number of alkyl halides is 2. The molecule has 0 spiro atoms. The second-order valence-electron chi connectivity index (χ2n) is 1.27. The van der Waals surface area contributed by atoms with Crippen LogP contribution < -0.4 is 0 Å². The summed E-state index contributed by atoms with van der Waals surface area (Å²) >= 11 is 11.1. The minimum atomic E-state index is 0.182. The lowest BCUT2D eigenvalue weighted by atomic mass is 10.5. The minimum absolute atomic E-state index is 0.182. The maximum atomic E-state index is 5.57. The molecule has 3 heteroatoms. The van der Waals surface area contributed by atoms with Crippen molar-refractivity contribution in [1.29, 1.82) is 0 Å². The lowest BCUT2D eigenvalue weighted by molar-refractivity contribution is 1.22. The molecule has 1 heterocycles. The zero-order chi connectivity index (χ0) is 4.57. The monoisotopic (exact) mass is 138 g/mol. The van der Waals surface area contributed by atoms with E-state index in [1.807, 2.05) is 0 Å². The van der Waals surface area contributed by atoms with E-state index in [2.05, 4.69) is 5.67 Å². The normalized spacial score (nSPS) is 42.3. The highest BCUT2D eigenvalue weighted by Crippen LogP contribution is 2.09. The van der Waals surface area contributed by atoms with Gasteiger partial charge in [-0.25, -0.2) is 0 Å². The van der Waals surface area contributed by atoms with Gasteiger partial charge in [0.1, 0.15) is 0 Å². The molecule has 0 bridgehead atoms. The maximum absolute atomic E-state index is 5.57. The lowest BCUT2D eigenvalue weighted by Gasteiger charge is -2.15. The van der Waals surface area contributed by atoms with Crippen molar-refractivity contribution in [3.63, 3.8) is 0 Å². The molecule has 1 aliphatic heterocycles. The van der Waals surface area contributed by atoms with Crippen LogP contribution in [0.4, 0.5) is 0 Å². The Hall–Kier alpha value is 0.667. The fourth-order valence-electron chi connectivity index (χ4n) is 0.279. The molecular weight excluding hydrogens is 135 g/mol. The predicted molar refractivity (Wildman–Crippen MR) is 32.5 cm³/mol. The van der Waals surface area contributed by atoms with Crippen LogP contribution in [0.3, 0.4) is 0 Å². The number of hydrogen-bond acceptors (Lipinski definition) is 0. The third kappa shape index (κ3) is 0.672. The van der Waals surface area contributed by atoms with Gasteiger partial charge in [0, 0.05) is 9.13 Å². The molecule has 0 saturated carbocycles. The summed E-state index contributed by atoms with van der Waals surface area (Å²) in [5.41, 5.74) is 2.08. The molecular formula is C3H4Cl2Si. The molecule has 0 saturated heterocycles. The Morgan fingerprint density at radius 3 is 2.00 bits per heavy atom. The Kier molecular flexibility index (Phi) is 1.32. The molecule has 34 valence electrons. The molecule has 0 nitrogen and oxygen atoms in total. The predicted octanol–water partition coefficient (Wildman–Crippen LogP) is 0.411. The summed E-state index contributed by atoms with van der Waals surface area (Å²) in [5, 5.41) is 0.480. The number of hydrogen-bond donors (Lipinski definition) is 0. The first kappa shape index (κ1) is 4.82. The van der Waals surface area contributed by atoms with E-state index in [4.69, 9.17) is 23.2 Å². The van der Waals surface area contributed by atoms with Crippen molar-refractivity contribution >= 4 is 38.0 Å². The van der Waals surface area contributed by atoms with Gasteiger partial charge in [0.25, 0.3) is 0 Å². The van der Waals surface area contributed by atoms with Gasteiger partial charge in [-0.1, -0.05) is 5.67 Å². The first-order valence-electron chi connectivity index (χ1n) is 1.77. The van der Waals surface area contributed by atoms with Crippen LogP contribution in [0.1, 0.15) is 0 Å². The molecule has 0 N–H and O–H groups in total. The molecule has 0 aromatic rings. The average molecular weight is 139 g/mol. The lowest BCUT2D eigenvalue weighted by Crippen LogP contribution is -2.32.